The van der Waals surface area contributed by atoms with Gasteiger partial charge in [0.1, 0.15) is 0 Å². The highest BCUT2D eigenvalue weighted by molar-refractivity contribution is 7.89. The third kappa shape index (κ3) is 4.93. The van der Waals surface area contributed by atoms with Crippen LogP contribution in [0.2, 0.25) is 0 Å². The molecule has 0 saturated carbocycles. The van der Waals surface area contributed by atoms with Crippen LogP contribution in [0.5, 0.6) is 0 Å². The third-order valence-electron chi connectivity index (χ3n) is 3.79. The highest BCUT2D eigenvalue weighted by atomic mass is 32.2. The first kappa shape index (κ1) is 22.4. The lowest BCUT2D eigenvalue weighted by Gasteiger charge is -2.15. The van der Waals surface area contributed by atoms with E-state index >= 15 is 0 Å². The molecule has 1 N–H and O–H groups in total. The van der Waals surface area contributed by atoms with Crippen molar-refractivity contribution in [2.24, 2.45) is 0 Å². The van der Waals surface area contributed by atoms with Crippen molar-refractivity contribution in [1.82, 2.24) is 4.31 Å². The topological polar surface area (TPSA) is 92.8 Å². The van der Waals surface area contributed by atoms with Crippen molar-refractivity contribution >= 4 is 27.6 Å². The van der Waals surface area contributed by atoms with E-state index in [-0.39, 0.29) is 10.5 Å². The molecule has 29 heavy (non-hydrogen) atoms. The molecule has 1 amide bonds. The van der Waals surface area contributed by atoms with Gasteiger partial charge in [0.25, 0.3) is 5.91 Å². The Morgan fingerprint density at radius 1 is 1.07 bits per heavy atom. The van der Waals surface area contributed by atoms with E-state index in [0.717, 1.165) is 16.4 Å². The first-order chi connectivity index (χ1) is 13.4. The van der Waals surface area contributed by atoms with Gasteiger partial charge in [-0.25, -0.2) is 30.7 Å². The van der Waals surface area contributed by atoms with Gasteiger partial charge < -0.3 is 10.1 Å². The van der Waals surface area contributed by atoms with Crippen molar-refractivity contribution in [3.63, 3.8) is 0 Å². The summed E-state index contributed by atoms with van der Waals surface area (Å²) in [5.41, 5.74) is -0.762. The van der Waals surface area contributed by atoms with Crippen molar-refractivity contribution in [3.8, 4) is 0 Å². The molecule has 0 bridgehead atoms. The predicted molar refractivity (Wildman–Crippen MR) is 97.1 cm³/mol. The average Bonchev–Trinajstić information content (AvgIpc) is 2.68. The molecule has 11 heteroatoms. The van der Waals surface area contributed by atoms with Gasteiger partial charge >= 0.3 is 5.97 Å². The first-order valence-electron chi connectivity index (χ1n) is 8.13. The predicted octanol–water partition coefficient (Wildman–Crippen LogP) is 2.54. The number of hydrogen-bond donors (Lipinski definition) is 1. The van der Waals surface area contributed by atoms with Crippen molar-refractivity contribution in [1.29, 1.82) is 0 Å². The van der Waals surface area contributed by atoms with E-state index in [9.17, 15) is 31.2 Å². The summed E-state index contributed by atoms with van der Waals surface area (Å²) in [6.45, 7) is 1.17. The molecule has 0 aliphatic heterocycles. The van der Waals surface area contributed by atoms with Gasteiger partial charge in [0.05, 0.1) is 16.1 Å². The first-order valence-corrected chi connectivity index (χ1v) is 9.57. The smallest absolute Gasteiger partial charge is 0.338 e. The zero-order chi connectivity index (χ0) is 21.9. The summed E-state index contributed by atoms with van der Waals surface area (Å²) in [5.74, 6) is -6.79. The van der Waals surface area contributed by atoms with Crippen molar-refractivity contribution in [3.05, 3.63) is 59.4 Å². The molecule has 0 aromatic heterocycles. The largest absolute Gasteiger partial charge is 0.449 e. The number of nitrogens with zero attached hydrogens (tertiary/aromatic N) is 1. The van der Waals surface area contributed by atoms with Crippen LogP contribution < -0.4 is 5.32 Å². The fraction of sp³-hybridized carbons (Fsp3) is 0.222. The summed E-state index contributed by atoms with van der Waals surface area (Å²) in [6.07, 6.45) is -1.44. The highest BCUT2D eigenvalue weighted by Gasteiger charge is 2.23. The van der Waals surface area contributed by atoms with Gasteiger partial charge in [0.2, 0.25) is 10.0 Å². The quantitative estimate of drug-likeness (QED) is 0.562. The van der Waals surface area contributed by atoms with Crippen LogP contribution in [0.1, 0.15) is 17.3 Å². The summed E-state index contributed by atoms with van der Waals surface area (Å²) < 4.78 is 70.0. The number of esters is 1. The van der Waals surface area contributed by atoms with E-state index in [1.54, 1.807) is 0 Å². The Labute approximate surface area is 165 Å². The van der Waals surface area contributed by atoms with Crippen molar-refractivity contribution in [2.75, 3.05) is 19.4 Å². The molecule has 2 aromatic carbocycles. The van der Waals surface area contributed by atoms with Crippen LogP contribution in [0.4, 0.5) is 18.9 Å². The Kier molecular flexibility index (Phi) is 6.65. The Morgan fingerprint density at radius 3 is 2.34 bits per heavy atom. The van der Waals surface area contributed by atoms with Crippen LogP contribution in [0.15, 0.2) is 41.3 Å². The normalized spacial score (nSPS) is 12.5. The van der Waals surface area contributed by atoms with Crippen LogP contribution in [0.25, 0.3) is 0 Å². The number of benzene rings is 2. The fourth-order valence-electron chi connectivity index (χ4n) is 2.13. The number of sulfonamides is 1. The minimum atomic E-state index is -3.79. The summed E-state index contributed by atoms with van der Waals surface area (Å²) in [6, 6.07) is 6.42. The number of carbonyl (C=O) groups is 2. The van der Waals surface area contributed by atoms with Crippen LogP contribution >= 0.6 is 0 Å². The molecule has 1 unspecified atom stereocenters. The molecule has 0 spiro atoms. The number of rotatable bonds is 6. The van der Waals surface area contributed by atoms with Crippen LogP contribution in [0.3, 0.4) is 0 Å². The second kappa shape index (κ2) is 8.62. The zero-order valence-corrected chi connectivity index (χ0v) is 16.4. The maximum atomic E-state index is 13.6. The van der Waals surface area contributed by atoms with E-state index < -0.39 is 51.1 Å². The molecule has 2 aromatic rings. The number of amides is 1. The second-order valence-corrected chi connectivity index (χ2v) is 8.23. The van der Waals surface area contributed by atoms with Gasteiger partial charge in [0.15, 0.2) is 23.6 Å². The number of ether oxygens (including phenoxy) is 1. The Hall–Kier alpha value is -2.92. The Balaban J connectivity index is 2.13. The minimum absolute atomic E-state index is 0.133. The molecule has 156 valence electrons. The SMILES string of the molecule is CC(OC(=O)c1cccc(S(=O)(=O)N(C)C)c1)C(=O)Nc1ccc(F)c(F)c1F. The van der Waals surface area contributed by atoms with E-state index in [0.29, 0.717) is 6.07 Å². The maximum Gasteiger partial charge on any atom is 0.338 e. The average molecular weight is 430 g/mol. The molecule has 0 heterocycles. The van der Waals surface area contributed by atoms with Crippen LogP contribution in [0, 0.1) is 17.5 Å². The fourth-order valence-corrected chi connectivity index (χ4v) is 3.08. The lowest BCUT2D eigenvalue weighted by atomic mass is 10.2. The lowest BCUT2D eigenvalue weighted by molar-refractivity contribution is -0.123. The second-order valence-electron chi connectivity index (χ2n) is 6.07. The monoisotopic (exact) mass is 430 g/mol. The lowest BCUT2D eigenvalue weighted by Crippen LogP contribution is -2.30. The number of hydrogen-bond acceptors (Lipinski definition) is 5. The molecule has 2 rings (SSSR count). The summed E-state index contributed by atoms with van der Waals surface area (Å²) in [7, 11) is -1.15. The molecule has 0 saturated heterocycles. The molecule has 0 fully saturated rings. The number of nitrogens with one attached hydrogen (secondary N) is 1. The summed E-state index contributed by atoms with van der Waals surface area (Å²) in [4.78, 5) is 24.1. The molecule has 1 atom stereocenters. The molecule has 0 aliphatic carbocycles. The third-order valence-corrected chi connectivity index (χ3v) is 5.61. The standard InChI is InChI=1S/C18H17F3N2O5S/c1-10(17(24)22-14-8-7-13(19)15(20)16(14)21)28-18(25)11-5-4-6-12(9-11)29(26,27)23(2)3/h4-10H,1-3H3,(H,22,24). The van der Waals surface area contributed by atoms with Gasteiger partial charge in [-0.05, 0) is 37.3 Å². The van der Waals surface area contributed by atoms with Crippen LogP contribution in [-0.4, -0.2) is 44.8 Å². The number of anilines is 1. The van der Waals surface area contributed by atoms with Gasteiger partial charge in [-0.1, -0.05) is 6.07 Å². The molecular weight excluding hydrogens is 413 g/mol. The van der Waals surface area contributed by atoms with Gasteiger partial charge in [-0.15, -0.1) is 0 Å². The van der Waals surface area contributed by atoms with Crippen LogP contribution in [-0.2, 0) is 19.6 Å². The van der Waals surface area contributed by atoms with E-state index in [2.05, 4.69) is 0 Å². The Morgan fingerprint density at radius 2 is 1.72 bits per heavy atom. The number of halogens is 3. The van der Waals surface area contributed by atoms with E-state index in [1.165, 1.54) is 39.2 Å². The number of carbonyl (C=O) groups excluding carboxylic acids is 2. The highest BCUT2D eigenvalue weighted by Crippen LogP contribution is 2.20. The maximum absolute atomic E-state index is 13.6. The minimum Gasteiger partial charge on any atom is -0.449 e. The van der Waals surface area contributed by atoms with Gasteiger partial charge in [-0.2, -0.15) is 0 Å². The molecule has 0 radical (unpaired) electrons. The van der Waals surface area contributed by atoms with Gasteiger partial charge in [0, 0.05) is 14.1 Å². The van der Waals surface area contributed by atoms with E-state index in [1.807, 2.05) is 5.32 Å². The van der Waals surface area contributed by atoms with Gasteiger partial charge in [-0.3, -0.25) is 4.79 Å². The Bertz CT molecular complexity index is 1060. The molecule has 0 aliphatic rings. The zero-order valence-electron chi connectivity index (χ0n) is 15.6. The van der Waals surface area contributed by atoms with Crippen molar-refractivity contribution < 1.29 is 35.9 Å². The summed E-state index contributed by atoms with van der Waals surface area (Å²) in [5, 5.41) is 1.99. The van der Waals surface area contributed by atoms with Crippen molar-refractivity contribution in [2.45, 2.75) is 17.9 Å². The summed E-state index contributed by atoms with van der Waals surface area (Å²) >= 11 is 0. The molecular formula is C18H17F3N2O5S. The van der Waals surface area contributed by atoms with E-state index in [4.69, 9.17) is 4.74 Å². The molecule has 7 nitrogen and oxygen atoms in total.